The quantitative estimate of drug-likeness (QED) is 0.581. The van der Waals surface area contributed by atoms with Gasteiger partial charge in [0, 0.05) is 7.05 Å². The molecule has 0 aromatic heterocycles. The van der Waals surface area contributed by atoms with E-state index in [1.54, 1.807) is 0 Å². The molecule has 1 aliphatic heterocycles. The van der Waals surface area contributed by atoms with E-state index >= 15 is 0 Å². The van der Waals surface area contributed by atoms with Crippen molar-refractivity contribution < 1.29 is 0 Å². The molecule has 0 aromatic carbocycles. The van der Waals surface area contributed by atoms with Gasteiger partial charge in [0.2, 0.25) is 0 Å². The highest BCUT2D eigenvalue weighted by molar-refractivity contribution is 5.59. The van der Waals surface area contributed by atoms with Crippen LogP contribution in [0.5, 0.6) is 0 Å². The molecular formula is C12H24N2. The van der Waals surface area contributed by atoms with Crippen LogP contribution in [0.3, 0.4) is 0 Å². The highest BCUT2D eigenvalue weighted by Crippen LogP contribution is 2.38. The molecule has 0 saturated carbocycles. The summed E-state index contributed by atoms with van der Waals surface area (Å²) in [6, 6.07) is 0.926. The lowest BCUT2D eigenvalue weighted by molar-refractivity contribution is 0.129. The van der Waals surface area contributed by atoms with Gasteiger partial charge in [-0.15, -0.1) is 0 Å². The van der Waals surface area contributed by atoms with Crippen LogP contribution in [0.4, 0.5) is 0 Å². The van der Waals surface area contributed by atoms with Crippen LogP contribution in [0.1, 0.15) is 41.5 Å². The van der Waals surface area contributed by atoms with Crippen molar-refractivity contribution in [2.75, 3.05) is 7.05 Å². The van der Waals surface area contributed by atoms with Crippen molar-refractivity contribution in [2.24, 2.45) is 15.8 Å². The molecule has 2 nitrogen and oxygen atoms in total. The smallest absolute Gasteiger partial charge is 0.0855 e. The van der Waals surface area contributed by atoms with Gasteiger partial charge < -0.3 is 4.90 Å². The highest BCUT2D eigenvalue weighted by atomic mass is 15.2. The maximum absolute atomic E-state index is 4.64. The Hall–Kier alpha value is -0.530. The van der Waals surface area contributed by atoms with E-state index in [9.17, 15) is 0 Å². The Morgan fingerprint density at radius 2 is 1.50 bits per heavy atom. The lowest BCUT2D eigenvalue weighted by Crippen LogP contribution is -2.48. The summed E-state index contributed by atoms with van der Waals surface area (Å²) in [5.41, 5.74) is 0.530. The zero-order chi connectivity index (χ0) is 11.1. The summed E-state index contributed by atoms with van der Waals surface area (Å²) in [5, 5.41) is 0. The summed E-state index contributed by atoms with van der Waals surface area (Å²) in [6.07, 6.45) is 1.99. The zero-order valence-electron chi connectivity index (χ0n) is 10.6. The molecule has 82 valence electrons. The maximum Gasteiger partial charge on any atom is 0.0855 e. The standard InChI is InChI=1S/C12H24N2/c1-11(2,3)9-10(12(4,5)6)14(7)8-13-9/h8-10H,1-7H3. The molecule has 0 spiro atoms. The fraction of sp³-hybridized carbons (Fsp3) is 0.917. The minimum atomic E-state index is 0.249. The molecule has 2 atom stereocenters. The van der Waals surface area contributed by atoms with Crippen molar-refractivity contribution in [2.45, 2.75) is 53.6 Å². The van der Waals surface area contributed by atoms with E-state index in [4.69, 9.17) is 0 Å². The van der Waals surface area contributed by atoms with Gasteiger partial charge in [-0.3, -0.25) is 4.99 Å². The van der Waals surface area contributed by atoms with E-state index in [-0.39, 0.29) is 10.8 Å². The molecule has 0 saturated heterocycles. The second kappa shape index (κ2) is 3.25. The third kappa shape index (κ3) is 2.10. The Balaban J connectivity index is 2.93. The monoisotopic (exact) mass is 196 g/mol. The van der Waals surface area contributed by atoms with Crippen molar-refractivity contribution in [3.63, 3.8) is 0 Å². The van der Waals surface area contributed by atoms with E-state index in [1.165, 1.54) is 0 Å². The SMILES string of the molecule is CN1C=NC(C(C)(C)C)C1C(C)(C)C. The summed E-state index contributed by atoms with van der Waals surface area (Å²) in [7, 11) is 2.13. The third-order valence-corrected chi connectivity index (χ3v) is 2.92. The fourth-order valence-electron chi connectivity index (χ4n) is 2.33. The van der Waals surface area contributed by atoms with E-state index in [0.29, 0.717) is 12.1 Å². The number of likely N-dealkylation sites (N-methyl/N-ethyl adjacent to an activating group) is 1. The predicted octanol–water partition coefficient (Wildman–Crippen LogP) is 2.79. The van der Waals surface area contributed by atoms with E-state index in [0.717, 1.165) is 0 Å². The van der Waals surface area contributed by atoms with Gasteiger partial charge in [-0.25, -0.2) is 0 Å². The Kier molecular flexibility index (Phi) is 2.68. The van der Waals surface area contributed by atoms with Gasteiger partial charge in [0.25, 0.3) is 0 Å². The van der Waals surface area contributed by atoms with Crippen LogP contribution in [-0.4, -0.2) is 30.4 Å². The second-order valence-electron chi connectivity index (χ2n) is 6.55. The number of nitrogens with zero attached hydrogens (tertiary/aromatic N) is 2. The van der Waals surface area contributed by atoms with Crippen LogP contribution in [0, 0.1) is 10.8 Å². The lowest BCUT2D eigenvalue weighted by Gasteiger charge is -2.41. The average Bonchev–Trinajstić information content (AvgIpc) is 2.27. The molecular weight excluding hydrogens is 172 g/mol. The summed E-state index contributed by atoms with van der Waals surface area (Å²) >= 11 is 0. The Morgan fingerprint density at radius 3 is 1.79 bits per heavy atom. The Morgan fingerprint density at radius 1 is 1.00 bits per heavy atom. The molecule has 0 radical (unpaired) electrons. The van der Waals surface area contributed by atoms with Crippen LogP contribution in [0.25, 0.3) is 0 Å². The first-order valence-corrected chi connectivity index (χ1v) is 5.39. The van der Waals surface area contributed by atoms with Gasteiger partial charge in [-0.05, 0) is 10.8 Å². The van der Waals surface area contributed by atoms with Crippen molar-refractivity contribution in [1.82, 2.24) is 4.90 Å². The molecule has 0 bridgehead atoms. The molecule has 0 N–H and O–H groups in total. The van der Waals surface area contributed by atoms with Gasteiger partial charge in [0.1, 0.15) is 0 Å². The molecule has 0 fully saturated rings. The maximum atomic E-state index is 4.64. The summed E-state index contributed by atoms with van der Waals surface area (Å²) in [5.74, 6) is 0. The molecule has 1 aliphatic rings. The van der Waals surface area contributed by atoms with Crippen molar-refractivity contribution in [3.8, 4) is 0 Å². The molecule has 0 aromatic rings. The first-order valence-electron chi connectivity index (χ1n) is 5.39. The molecule has 2 heteroatoms. The van der Waals surface area contributed by atoms with E-state index < -0.39 is 0 Å². The molecule has 1 heterocycles. The van der Waals surface area contributed by atoms with Gasteiger partial charge in [0.05, 0.1) is 18.4 Å². The van der Waals surface area contributed by atoms with Crippen LogP contribution >= 0.6 is 0 Å². The molecule has 0 amide bonds. The Labute approximate surface area is 88.4 Å². The molecule has 0 aliphatic carbocycles. The third-order valence-electron chi connectivity index (χ3n) is 2.92. The molecule has 2 unspecified atom stereocenters. The zero-order valence-corrected chi connectivity index (χ0v) is 10.6. The highest BCUT2D eigenvalue weighted by Gasteiger charge is 2.43. The van der Waals surface area contributed by atoms with Gasteiger partial charge in [0.15, 0.2) is 0 Å². The number of hydrogen-bond acceptors (Lipinski definition) is 2. The summed E-state index contributed by atoms with van der Waals surface area (Å²) in [6.45, 7) is 13.7. The van der Waals surface area contributed by atoms with Crippen molar-refractivity contribution in [3.05, 3.63) is 0 Å². The topological polar surface area (TPSA) is 15.6 Å². The average molecular weight is 196 g/mol. The lowest BCUT2D eigenvalue weighted by atomic mass is 9.73. The molecule has 1 rings (SSSR count). The normalized spacial score (nSPS) is 28.6. The largest absolute Gasteiger partial charge is 0.360 e. The number of hydrogen-bond donors (Lipinski definition) is 0. The van der Waals surface area contributed by atoms with Crippen molar-refractivity contribution in [1.29, 1.82) is 0 Å². The van der Waals surface area contributed by atoms with Crippen LogP contribution in [0.2, 0.25) is 0 Å². The second-order valence-corrected chi connectivity index (χ2v) is 6.55. The Bertz CT molecular complexity index is 230. The summed E-state index contributed by atoms with van der Waals surface area (Å²) in [4.78, 5) is 6.90. The van der Waals surface area contributed by atoms with Gasteiger partial charge >= 0.3 is 0 Å². The first-order chi connectivity index (χ1) is 6.14. The first kappa shape index (κ1) is 11.5. The van der Waals surface area contributed by atoms with E-state index in [2.05, 4.69) is 58.5 Å². The minimum Gasteiger partial charge on any atom is -0.360 e. The van der Waals surface area contributed by atoms with Gasteiger partial charge in [-0.1, -0.05) is 41.5 Å². The van der Waals surface area contributed by atoms with Crippen LogP contribution in [0.15, 0.2) is 4.99 Å². The fourth-order valence-corrected chi connectivity index (χ4v) is 2.33. The van der Waals surface area contributed by atoms with E-state index in [1.807, 2.05) is 6.34 Å². The summed E-state index contributed by atoms with van der Waals surface area (Å²) < 4.78 is 0. The minimum absolute atomic E-state index is 0.249. The van der Waals surface area contributed by atoms with Gasteiger partial charge in [-0.2, -0.15) is 0 Å². The number of rotatable bonds is 0. The number of aliphatic imine (C=N–C) groups is 1. The van der Waals surface area contributed by atoms with Crippen LogP contribution < -0.4 is 0 Å². The van der Waals surface area contributed by atoms with Crippen molar-refractivity contribution >= 4 is 6.34 Å². The van der Waals surface area contributed by atoms with Crippen LogP contribution in [-0.2, 0) is 0 Å². The molecule has 14 heavy (non-hydrogen) atoms. The predicted molar refractivity (Wildman–Crippen MR) is 62.7 cm³/mol.